The number of nitriles is 1. The van der Waals surface area contributed by atoms with E-state index in [1.54, 1.807) is 0 Å². The highest BCUT2D eigenvalue weighted by Gasteiger charge is 2.17. The van der Waals surface area contributed by atoms with Crippen molar-refractivity contribution < 1.29 is 0 Å². The van der Waals surface area contributed by atoms with Gasteiger partial charge < -0.3 is 0 Å². The molecule has 1 atom stereocenters. The Morgan fingerprint density at radius 3 is 2.89 bits per heavy atom. The lowest BCUT2D eigenvalue weighted by atomic mass is 10.0. The van der Waals surface area contributed by atoms with E-state index >= 15 is 0 Å². The van der Waals surface area contributed by atoms with Gasteiger partial charge in [0.15, 0.2) is 0 Å². The lowest BCUT2D eigenvalue weighted by Crippen LogP contribution is -2.32. The van der Waals surface area contributed by atoms with Crippen LogP contribution >= 0.6 is 0 Å². The van der Waals surface area contributed by atoms with Crippen LogP contribution in [0.25, 0.3) is 0 Å². The van der Waals surface area contributed by atoms with E-state index in [-0.39, 0.29) is 0 Å². The molecular formula is C16H22N2. The molecule has 0 saturated carbocycles. The number of benzene rings is 1. The normalized spacial score (nSPS) is 21.3. The third-order valence-corrected chi connectivity index (χ3v) is 4.04. The Bertz CT molecular complexity index is 445. The number of likely N-dealkylation sites (tertiary alicyclic amines) is 1. The van der Waals surface area contributed by atoms with E-state index in [0.717, 1.165) is 12.1 Å². The third-order valence-electron chi connectivity index (χ3n) is 4.04. The molecule has 0 aromatic heterocycles. The summed E-state index contributed by atoms with van der Waals surface area (Å²) in [7, 11) is 0. The Morgan fingerprint density at radius 2 is 2.17 bits per heavy atom. The molecule has 2 rings (SSSR count). The molecule has 1 saturated heterocycles. The molecule has 0 radical (unpaired) electrons. The maximum atomic E-state index is 8.89. The summed E-state index contributed by atoms with van der Waals surface area (Å²) >= 11 is 0. The maximum Gasteiger partial charge on any atom is 0.0991 e. The quantitative estimate of drug-likeness (QED) is 0.792. The second kappa shape index (κ2) is 6.02. The minimum Gasteiger partial charge on any atom is -0.296 e. The van der Waals surface area contributed by atoms with E-state index in [0.29, 0.717) is 6.04 Å². The fourth-order valence-electron chi connectivity index (χ4n) is 2.73. The number of nitrogens with zero attached hydrogens (tertiary/aromatic N) is 2. The molecule has 0 amide bonds. The fourth-order valence-corrected chi connectivity index (χ4v) is 2.73. The highest BCUT2D eigenvalue weighted by atomic mass is 15.1. The Hall–Kier alpha value is -1.33. The zero-order valence-corrected chi connectivity index (χ0v) is 11.4. The van der Waals surface area contributed by atoms with Gasteiger partial charge in [0.25, 0.3) is 0 Å². The van der Waals surface area contributed by atoms with Crippen molar-refractivity contribution >= 4 is 0 Å². The van der Waals surface area contributed by atoms with Crippen LogP contribution < -0.4 is 0 Å². The van der Waals surface area contributed by atoms with Crippen LogP contribution in [0.4, 0.5) is 0 Å². The second-order valence-corrected chi connectivity index (χ2v) is 5.42. The average Bonchev–Trinajstić information content (AvgIpc) is 2.57. The van der Waals surface area contributed by atoms with Crippen LogP contribution in [0.2, 0.25) is 0 Å². The van der Waals surface area contributed by atoms with Crippen LogP contribution in [0.1, 0.15) is 49.3 Å². The molecule has 2 nitrogen and oxygen atoms in total. The van der Waals surface area contributed by atoms with Gasteiger partial charge in [-0.15, -0.1) is 0 Å². The highest BCUT2D eigenvalue weighted by Crippen LogP contribution is 2.20. The average molecular weight is 242 g/mol. The largest absolute Gasteiger partial charge is 0.296 e. The maximum absolute atomic E-state index is 8.89. The summed E-state index contributed by atoms with van der Waals surface area (Å²) in [6.07, 6.45) is 5.37. The van der Waals surface area contributed by atoms with Crippen molar-refractivity contribution in [2.75, 3.05) is 6.54 Å². The van der Waals surface area contributed by atoms with Gasteiger partial charge in [-0.2, -0.15) is 5.26 Å². The van der Waals surface area contributed by atoms with Gasteiger partial charge in [-0.25, -0.2) is 0 Å². The van der Waals surface area contributed by atoms with Gasteiger partial charge in [-0.05, 0) is 56.5 Å². The predicted molar refractivity (Wildman–Crippen MR) is 74.2 cm³/mol. The van der Waals surface area contributed by atoms with Crippen LogP contribution in [0.15, 0.2) is 18.2 Å². The summed E-state index contributed by atoms with van der Waals surface area (Å²) in [6, 6.07) is 8.94. The van der Waals surface area contributed by atoms with Gasteiger partial charge in [-0.3, -0.25) is 4.90 Å². The molecule has 96 valence electrons. The third kappa shape index (κ3) is 3.11. The van der Waals surface area contributed by atoms with E-state index in [2.05, 4.69) is 30.9 Å². The van der Waals surface area contributed by atoms with Crippen LogP contribution in [0.3, 0.4) is 0 Å². The molecule has 18 heavy (non-hydrogen) atoms. The van der Waals surface area contributed by atoms with E-state index < -0.39 is 0 Å². The first-order chi connectivity index (χ1) is 8.70. The number of rotatable bonds is 2. The lowest BCUT2D eigenvalue weighted by molar-refractivity contribution is 0.204. The van der Waals surface area contributed by atoms with Crippen molar-refractivity contribution in [2.45, 2.75) is 52.1 Å². The number of hydrogen-bond donors (Lipinski definition) is 0. The molecule has 0 spiro atoms. The van der Waals surface area contributed by atoms with E-state index in [1.807, 2.05) is 12.1 Å². The Morgan fingerprint density at radius 1 is 1.33 bits per heavy atom. The molecule has 1 heterocycles. The number of aryl methyl sites for hydroxylation is 1. The number of hydrogen-bond acceptors (Lipinski definition) is 2. The van der Waals surface area contributed by atoms with Gasteiger partial charge in [0.05, 0.1) is 11.6 Å². The molecule has 1 aromatic rings. The summed E-state index contributed by atoms with van der Waals surface area (Å²) < 4.78 is 0. The molecular weight excluding hydrogens is 220 g/mol. The van der Waals surface area contributed by atoms with Gasteiger partial charge in [0, 0.05) is 12.6 Å². The van der Waals surface area contributed by atoms with Crippen molar-refractivity contribution in [2.24, 2.45) is 0 Å². The highest BCUT2D eigenvalue weighted by molar-refractivity contribution is 5.37. The van der Waals surface area contributed by atoms with E-state index in [1.165, 1.54) is 43.4 Å². The van der Waals surface area contributed by atoms with Crippen LogP contribution in [-0.2, 0) is 6.54 Å². The minimum atomic E-state index is 0.683. The SMILES string of the molecule is Cc1cc(C#N)ccc1CN1CCCCCC1C. The van der Waals surface area contributed by atoms with Crippen molar-refractivity contribution in [3.8, 4) is 6.07 Å². The Balaban J connectivity index is 2.10. The second-order valence-electron chi connectivity index (χ2n) is 5.42. The minimum absolute atomic E-state index is 0.683. The monoisotopic (exact) mass is 242 g/mol. The lowest BCUT2D eigenvalue weighted by Gasteiger charge is -2.27. The summed E-state index contributed by atoms with van der Waals surface area (Å²) in [4.78, 5) is 2.58. The fraction of sp³-hybridized carbons (Fsp3) is 0.562. The van der Waals surface area contributed by atoms with E-state index in [4.69, 9.17) is 5.26 Å². The van der Waals surface area contributed by atoms with E-state index in [9.17, 15) is 0 Å². The van der Waals surface area contributed by atoms with Crippen LogP contribution in [0.5, 0.6) is 0 Å². The van der Waals surface area contributed by atoms with Crippen molar-refractivity contribution in [3.05, 3.63) is 34.9 Å². The van der Waals surface area contributed by atoms with Gasteiger partial charge in [0.2, 0.25) is 0 Å². The summed E-state index contributed by atoms with van der Waals surface area (Å²) in [5, 5.41) is 8.89. The summed E-state index contributed by atoms with van der Waals surface area (Å²) in [5.41, 5.74) is 3.37. The molecule has 1 unspecified atom stereocenters. The first kappa shape index (κ1) is 13.1. The molecule has 1 fully saturated rings. The van der Waals surface area contributed by atoms with Crippen LogP contribution in [-0.4, -0.2) is 17.5 Å². The first-order valence-electron chi connectivity index (χ1n) is 6.94. The molecule has 0 aliphatic carbocycles. The zero-order chi connectivity index (χ0) is 13.0. The molecule has 1 aromatic carbocycles. The van der Waals surface area contributed by atoms with Crippen molar-refractivity contribution in [1.29, 1.82) is 5.26 Å². The standard InChI is InChI=1S/C16H22N2/c1-13-10-15(11-17)7-8-16(13)12-18-9-5-3-4-6-14(18)2/h7-8,10,14H,3-6,9,12H2,1-2H3. The predicted octanol–water partition coefficient (Wildman–Crippen LogP) is 3.63. The van der Waals surface area contributed by atoms with Gasteiger partial charge >= 0.3 is 0 Å². The van der Waals surface area contributed by atoms with Crippen LogP contribution in [0, 0.1) is 18.3 Å². The van der Waals surface area contributed by atoms with Gasteiger partial charge in [-0.1, -0.05) is 18.9 Å². The Labute approximate surface area is 110 Å². The first-order valence-corrected chi connectivity index (χ1v) is 6.94. The Kier molecular flexibility index (Phi) is 4.38. The summed E-state index contributed by atoms with van der Waals surface area (Å²) in [5.74, 6) is 0. The topological polar surface area (TPSA) is 27.0 Å². The smallest absolute Gasteiger partial charge is 0.0991 e. The molecule has 2 heteroatoms. The molecule has 0 bridgehead atoms. The zero-order valence-electron chi connectivity index (χ0n) is 11.4. The van der Waals surface area contributed by atoms with Crippen molar-refractivity contribution in [1.82, 2.24) is 4.90 Å². The molecule has 0 N–H and O–H groups in total. The summed E-state index contributed by atoms with van der Waals surface area (Å²) in [6.45, 7) is 6.68. The molecule has 1 aliphatic rings. The van der Waals surface area contributed by atoms with Gasteiger partial charge in [0.1, 0.15) is 0 Å². The van der Waals surface area contributed by atoms with Crippen molar-refractivity contribution in [3.63, 3.8) is 0 Å². The molecule has 1 aliphatic heterocycles.